The number of morpholine rings is 1. The van der Waals surface area contributed by atoms with Crippen molar-refractivity contribution in [3.05, 3.63) is 12.2 Å². The van der Waals surface area contributed by atoms with E-state index in [-0.39, 0.29) is 0 Å². The highest BCUT2D eigenvalue weighted by Gasteiger charge is 2.18. The molecule has 0 aromatic rings. The second-order valence-electron chi connectivity index (χ2n) is 3.28. The summed E-state index contributed by atoms with van der Waals surface area (Å²) in [5.74, 6) is 0.560. The molecule has 0 spiro atoms. The molecule has 0 radical (unpaired) electrons. The van der Waals surface area contributed by atoms with Crippen LogP contribution in [0.2, 0.25) is 0 Å². The molecule has 1 aliphatic heterocycles. The Labute approximate surface area is 79.1 Å². The fourth-order valence-electron chi connectivity index (χ4n) is 1.33. The first-order chi connectivity index (χ1) is 5.74. The largest absolute Gasteiger partial charge is 0.379 e. The van der Waals surface area contributed by atoms with E-state index >= 15 is 0 Å². The Morgan fingerprint density at radius 1 is 1.75 bits per heavy atom. The Morgan fingerprint density at radius 2 is 2.50 bits per heavy atom. The van der Waals surface area contributed by atoms with E-state index < -0.39 is 0 Å². The maximum Gasteiger partial charge on any atom is 0.0619 e. The molecule has 1 fully saturated rings. The van der Waals surface area contributed by atoms with Crippen LogP contribution in [0.1, 0.15) is 6.92 Å². The average Bonchev–Trinajstić information content (AvgIpc) is 2.09. The summed E-state index contributed by atoms with van der Waals surface area (Å²) in [5, 5.41) is 0. The number of rotatable bonds is 3. The van der Waals surface area contributed by atoms with Crippen LogP contribution >= 0.6 is 11.6 Å². The van der Waals surface area contributed by atoms with Crippen LogP contribution in [0.3, 0.4) is 0 Å². The van der Waals surface area contributed by atoms with Crippen molar-refractivity contribution in [2.75, 3.05) is 32.2 Å². The van der Waals surface area contributed by atoms with Gasteiger partial charge in [-0.3, -0.25) is 4.90 Å². The molecule has 0 aromatic carbocycles. The van der Waals surface area contributed by atoms with Crippen LogP contribution in [0.15, 0.2) is 12.2 Å². The van der Waals surface area contributed by atoms with Gasteiger partial charge in [0.15, 0.2) is 0 Å². The fraction of sp³-hybridized carbons (Fsp3) is 0.778. The third-order valence-electron chi connectivity index (χ3n) is 2.12. The molecule has 0 saturated carbocycles. The number of halogens is 1. The van der Waals surface area contributed by atoms with Crippen LogP contribution in [0.25, 0.3) is 0 Å². The van der Waals surface area contributed by atoms with Gasteiger partial charge in [0.25, 0.3) is 0 Å². The van der Waals surface area contributed by atoms with Gasteiger partial charge in [0.05, 0.1) is 13.2 Å². The van der Waals surface area contributed by atoms with Crippen molar-refractivity contribution in [1.82, 2.24) is 4.90 Å². The van der Waals surface area contributed by atoms with Gasteiger partial charge in [-0.1, -0.05) is 6.58 Å². The number of ether oxygens (including phenoxy) is 1. The molecule has 0 bridgehead atoms. The predicted molar refractivity (Wildman–Crippen MR) is 51.7 cm³/mol. The van der Waals surface area contributed by atoms with Gasteiger partial charge in [0.2, 0.25) is 0 Å². The van der Waals surface area contributed by atoms with E-state index in [1.807, 2.05) is 0 Å². The van der Waals surface area contributed by atoms with Crippen LogP contribution in [0.4, 0.5) is 0 Å². The van der Waals surface area contributed by atoms with Gasteiger partial charge in [0.1, 0.15) is 0 Å². The Hall–Kier alpha value is -0.0500. The van der Waals surface area contributed by atoms with E-state index in [0.717, 1.165) is 31.9 Å². The van der Waals surface area contributed by atoms with Gasteiger partial charge in [0, 0.05) is 25.0 Å². The van der Waals surface area contributed by atoms with Crippen LogP contribution < -0.4 is 0 Å². The second-order valence-corrected chi connectivity index (χ2v) is 3.55. The summed E-state index contributed by atoms with van der Waals surface area (Å²) in [5.41, 5.74) is 1.09. The number of hydrogen-bond acceptors (Lipinski definition) is 2. The summed E-state index contributed by atoms with van der Waals surface area (Å²) in [6.07, 6.45) is 0. The molecule has 0 aromatic heterocycles. The summed E-state index contributed by atoms with van der Waals surface area (Å²) in [4.78, 5) is 2.36. The van der Waals surface area contributed by atoms with E-state index in [2.05, 4.69) is 18.4 Å². The lowest BCUT2D eigenvalue weighted by Gasteiger charge is -2.33. The molecule has 12 heavy (non-hydrogen) atoms. The molecule has 1 aliphatic rings. The molecular formula is C9H16ClNO. The molecule has 0 amide bonds. The number of nitrogens with zero attached hydrogens (tertiary/aromatic N) is 1. The highest BCUT2D eigenvalue weighted by Crippen LogP contribution is 2.08. The molecule has 1 unspecified atom stereocenters. The van der Waals surface area contributed by atoms with Crippen LogP contribution in [-0.2, 0) is 4.74 Å². The Balaban J connectivity index is 2.33. The first-order valence-corrected chi connectivity index (χ1v) is 4.82. The topological polar surface area (TPSA) is 12.5 Å². The Morgan fingerprint density at radius 3 is 3.08 bits per heavy atom. The van der Waals surface area contributed by atoms with Crippen molar-refractivity contribution in [3.63, 3.8) is 0 Å². The van der Waals surface area contributed by atoms with Crippen molar-refractivity contribution < 1.29 is 4.74 Å². The molecule has 1 heterocycles. The number of alkyl halides is 1. The van der Waals surface area contributed by atoms with Crippen molar-refractivity contribution >= 4 is 11.6 Å². The van der Waals surface area contributed by atoms with Gasteiger partial charge >= 0.3 is 0 Å². The molecule has 1 atom stereocenters. The maximum atomic E-state index is 5.66. The first-order valence-electron chi connectivity index (χ1n) is 4.28. The standard InChI is InChI=1S/C9H16ClNO/c1-8(5-10)6-11-3-4-12-7-9(11)2/h9H,1,3-7H2,2H3. The maximum absolute atomic E-state index is 5.66. The van der Waals surface area contributed by atoms with E-state index in [0.29, 0.717) is 11.9 Å². The average molecular weight is 190 g/mol. The van der Waals surface area contributed by atoms with Gasteiger partial charge < -0.3 is 4.74 Å². The summed E-state index contributed by atoms with van der Waals surface area (Å²) in [6.45, 7) is 9.62. The van der Waals surface area contributed by atoms with Gasteiger partial charge in [-0.2, -0.15) is 0 Å². The molecule has 70 valence electrons. The van der Waals surface area contributed by atoms with Crippen molar-refractivity contribution in [1.29, 1.82) is 0 Å². The summed E-state index contributed by atoms with van der Waals surface area (Å²) < 4.78 is 5.32. The highest BCUT2D eigenvalue weighted by molar-refractivity contribution is 6.19. The summed E-state index contributed by atoms with van der Waals surface area (Å²) in [6, 6.07) is 0.499. The number of hydrogen-bond donors (Lipinski definition) is 0. The van der Waals surface area contributed by atoms with E-state index in [9.17, 15) is 0 Å². The normalized spacial score (nSPS) is 25.7. The van der Waals surface area contributed by atoms with E-state index in [1.54, 1.807) is 0 Å². The minimum atomic E-state index is 0.499. The summed E-state index contributed by atoms with van der Waals surface area (Å²) >= 11 is 5.66. The highest BCUT2D eigenvalue weighted by atomic mass is 35.5. The molecule has 0 N–H and O–H groups in total. The molecule has 0 aliphatic carbocycles. The second kappa shape index (κ2) is 4.85. The van der Waals surface area contributed by atoms with Crippen LogP contribution in [-0.4, -0.2) is 43.1 Å². The van der Waals surface area contributed by atoms with Gasteiger partial charge in [-0.05, 0) is 12.5 Å². The third kappa shape index (κ3) is 2.77. The lowest BCUT2D eigenvalue weighted by Crippen LogP contribution is -2.44. The molecule has 1 saturated heterocycles. The van der Waals surface area contributed by atoms with Crippen LogP contribution in [0, 0.1) is 0 Å². The van der Waals surface area contributed by atoms with Crippen molar-refractivity contribution in [3.8, 4) is 0 Å². The lowest BCUT2D eigenvalue weighted by molar-refractivity contribution is 0.00446. The SMILES string of the molecule is C=C(CCl)CN1CCOCC1C. The predicted octanol–water partition coefficient (Wildman–Crippen LogP) is 1.50. The zero-order valence-electron chi connectivity index (χ0n) is 7.55. The van der Waals surface area contributed by atoms with E-state index in [1.165, 1.54) is 0 Å². The van der Waals surface area contributed by atoms with E-state index in [4.69, 9.17) is 16.3 Å². The summed E-state index contributed by atoms with van der Waals surface area (Å²) in [7, 11) is 0. The van der Waals surface area contributed by atoms with Crippen LogP contribution in [0.5, 0.6) is 0 Å². The van der Waals surface area contributed by atoms with Crippen molar-refractivity contribution in [2.24, 2.45) is 0 Å². The monoisotopic (exact) mass is 189 g/mol. The minimum absolute atomic E-state index is 0.499. The third-order valence-corrected chi connectivity index (χ3v) is 2.50. The molecule has 3 heteroatoms. The quantitative estimate of drug-likeness (QED) is 0.493. The zero-order valence-corrected chi connectivity index (χ0v) is 8.31. The zero-order chi connectivity index (χ0) is 8.97. The molecule has 2 nitrogen and oxygen atoms in total. The molecule has 1 rings (SSSR count). The smallest absolute Gasteiger partial charge is 0.0619 e. The first kappa shape index (κ1) is 10.0. The fourth-order valence-corrected chi connectivity index (χ4v) is 1.41. The van der Waals surface area contributed by atoms with Gasteiger partial charge in [-0.25, -0.2) is 0 Å². The lowest BCUT2D eigenvalue weighted by atomic mass is 10.2. The van der Waals surface area contributed by atoms with Crippen molar-refractivity contribution in [2.45, 2.75) is 13.0 Å². The van der Waals surface area contributed by atoms with Gasteiger partial charge in [-0.15, -0.1) is 11.6 Å². The minimum Gasteiger partial charge on any atom is -0.379 e. The molecular weight excluding hydrogens is 174 g/mol. The Bertz CT molecular complexity index is 161. The Kier molecular flexibility index (Phi) is 4.06.